The van der Waals surface area contributed by atoms with Gasteiger partial charge in [0.2, 0.25) is 0 Å². The van der Waals surface area contributed by atoms with Crippen LogP contribution in [0.1, 0.15) is 17.1 Å². The highest BCUT2D eigenvalue weighted by Crippen LogP contribution is 2.17. The molecule has 0 aliphatic heterocycles. The van der Waals surface area contributed by atoms with Crippen LogP contribution in [0.25, 0.3) is 5.52 Å². The van der Waals surface area contributed by atoms with Crippen LogP contribution in [0.2, 0.25) is 0 Å². The van der Waals surface area contributed by atoms with E-state index in [1.165, 1.54) is 16.8 Å². The highest BCUT2D eigenvalue weighted by atomic mass is 15.0. The summed E-state index contributed by atoms with van der Waals surface area (Å²) >= 11 is 0. The molecule has 0 radical (unpaired) electrons. The molecule has 0 fully saturated rings. The van der Waals surface area contributed by atoms with E-state index in [0.717, 1.165) is 18.8 Å². The molecule has 0 saturated carbocycles. The summed E-state index contributed by atoms with van der Waals surface area (Å²) in [4.78, 5) is 4.61. The smallest absolute Gasteiger partial charge is 0.110 e. The molecule has 0 unspecified atom stereocenters. The Morgan fingerprint density at radius 1 is 1.40 bits per heavy atom. The van der Waals surface area contributed by atoms with Gasteiger partial charge in [0, 0.05) is 19.2 Å². The van der Waals surface area contributed by atoms with Gasteiger partial charge in [-0.05, 0) is 32.5 Å². The molecule has 3 heteroatoms. The van der Waals surface area contributed by atoms with Crippen LogP contribution < -0.4 is 5.32 Å². The van der Waals surface area contributed by atoms with Crippen LogP contribution in [0, 0.1) is 13.8 Å². The summed E-state index contributed by atoms with van der Waals surface area (Å²) in [6, 6.07) is 4.21. The van der Waals surface area contributed by atoms with Crippen LogP contribution in [0.3, 0.4) is 0 Å². The molecule has 0 aromatic carbocycles. The van der Waals surface area contributed by atoms with Crippen LogP contribution >= 0.6 is 0 Å². The topological polar surface area (TPSA) is 29.3 Å². The van der Waals surface area contributed by atoms with Crippen LogP contribution in [0.5, 0.6) is 0 Å². The van der Waals surface area contributed by atoms with Crippen molar-refractivity contribution in [2.75, 3.05) is 13.6 Å². The number of rotatable bonds is 3. The van der Waals surface area contributed by atoms with E-state index in [1.807, 2.05) is 7.05 Å². The van der Waals surface area contributed by atoms with Crippen molar-refractivity contribution in [3.05, 3.63) is 35.4 Å². The lowest BCUT2D eigenvalue weighted by atomic mass is 10.2. The Balaban J connectivity index is 2.54. The second kappa shape index (κ2) is 4.03. The van der Waals surface area contributed by atoms with E-state index in [4.69, 9.17) is 0 Å². The second-order valence-electron chi connectivity index (χ2n) is 3.87. The van der Waals surface area contributed by atoms with E-state index in [2.05, 4.69) is 46.9 Å². The lowest BCUT2D eigenvalue weighted by molar-refractivity contribution is 0.781. The lowest BCUT2D eigenvalue weighted by Crippen LogP contribution is -2.10. The molecule has 0 atom stereocenters. The molecule has 0 saturated heterocycles. The molecule has 2 aromatic heterocycles. The van der Waals surface area contributed by atoms with Crippen molar-refractivity contribution in [2.45, 2.75) is 20.3 Å². The second-order valence-corrected chi connectivity index (χ2v) is 3.87. The Kier molecular flexibility index (Phi) is 2.73. The summed E-state index contributed by atoms with van der Waals surface area (Å²) in [5.74, 6) is 1.07. The van der Waals surface area contributed by atoms with Crippen molar-refractivity contribution in [2.24, 2.45) is 0 Å². The van der Waals surface area contributed by atoms with Gasteiger partial charge in [-0.1, -0.05) is 6.07 Å². The average molecular weight is 203 g/mol. The summed E-state index contributed by atoms with van der Waals surface area (Å²) in [7, 11) is 1.97. The minimum Gasteiger partial charge on any atom is -0.319 e. The fourth-order valence-corrected chi connectivity index (χ4v) is 1.97. The molecular weight excluding hydrogens is 186 g/mol. The molecule has 0 spiro atoms. The molecule has 2 rings (SSSR count). The van der Waals surface area contributed by atoms with Crippen molar-refractivity contribution in [1.82, 2.24) is 14.7 Å². The van der Waals surface area contributed by atoms with Crippen molar-refractivity contribution >= 4 is 5.52 Å². The predicted octanol–water partition coefficient (Wildman–Crippen LogP) is 1.71. The van der Waals surface area contributed by atoms with Gasteiger partial charge >= 0.3 is 0 Å². The largest absolute Gasteiger partial charge is 0.319 e. The van der Waals surface area contributed by atoms with E-state index < -0.39 is 0 Å². The zero-order chi connectivity index (χ0) is 10.8. The highest BCUT2D eigenvalue weighted by Gasteiger charge is 2.08. The molecule has 2 heterocycles. The number of hydrogen-bond acceptors (Lipinski definition) is 2. The fraction of sp³-hybridized carbons (Fsp3) is 0.417. The van der Waals surface area contributed by atoms with E-state index in [0.29, 0.717) is 0 Å². The predicted molar refractivity (Wildman–Crippen MR) is 62.3 cm³/mol. The summed E-state index contributed by atoms with van der Waals surface area (Å²) in [6.45, 7) is 5.16. The third kappa shape index (κ3) is 1.75. The summed E-state index contributed by atoms with van der Waals surface area (Å²) in [5.41, 5.74) is 3.76. The first kappa shape index (κ1) is 10.2. The molecule has 3 nitrogen and oxygen atoms in total. The van der Waals surface area contributed by atoms with Crippen molar-refractivity contribution in [1.29, 1.82) is 0 Å². The molecule has 0 amide bonds. The average Bonchev–Trinajstić information content (AvgIpc) is 2.55. The zero-order valence-electron chi connectivity index (χ0n) is 9.54. The molecule has 2 aromatic rings. The quantitative estimate of drug-likeness (QED) is 0.823. The normalized spacial score (nSPS) is 11.1. The molecule has 80 valence electrons. The van der Waals surface area contributed by atoms with Crippen molar-refractivity contribution in [3.8, 4) is 0 Å². The first-order chi connectivity index (χ1) is 7.24. The molecule has 0 bridgehead atoms. The van der Waals surface area contributed by atoms with Crippen LogP contribution in [0.15, 0.2) is 18.3 Å². The number of nitrogens with one attached hydrogen (secondary N) is 1. The van der Waals surface area contributed by atoms with E-state index in [-0.39, 0.29) is 0 Å². The molecule has 15 heavy (non-hydrogen) atoms. The molecule has 0 aliphatic carbocycles. The number of pyridine rings is 1. The maximum absolute atomic E-state index is 4.61. The standard InChI is InChI=1S/C12H17N3/c1-9-5-4-8-15-10(2)14-11(12(9)15)6-7-13-3/h4-5,8,13H,6-7H2,1-3H3. The number of aryl methyl sites for hydroxylation is 2. The van der Waals surface area contributed by atoms with Crippen LogP contribution in [0.4, 0.5) is 0 Å². The van der Waals surface area contributed by atoms with Crippen molar-refractivity contribution in [3.63, 3.8) is 0 Å². The van der Waals surface area contributed by atoms with Gasteiger partial charge in [0.05, 0.1) is 11.2 Å². The van der Waals surface area contributed by atoms with Gasteiger partial charge < -0.3 is 9.72 Å². The van der Waals surface area contributed by atoms with Gasteiger partial charge in [-0.3, -0.25) is 0 Å². The van der Waals surface area contributed by atoms with Crippen LogP contribution in [-0.4, -0.2) is 23.0 Å². The summed E-state index contributed by atoms with van der Waals surface area (Å²) < 4.78 is 2.17. The monoisotopic (exact) mass is 203 g/mol. The minimum atomic E-state index is 0.973. The first-order valence-corrected chi connectivity index (χ1v) is 5.32. The number of aromatic nitrogens is 2. The first-order valence-electron chi connectivity index (χ1n) is 5.32. The Hall–Kier alpha value is -1.35. The number of fused-ring (bicyclic) bond motifs is 1. The van der Waals surface area contributed by atoms with Gasteiger partial charge in [0.1, 0.15) is 5.82 Å². The summed E-state index contributed by atoms with van der Waals surface area (Å²) in [6.07, 6.45) is 3.06. The minimum absolute atomic E-state index is 0.973. The Morgan fingerprint density at radius 3 is 2.93 bits per heavy atom. The molecule has 0 aliphatic rings. The Morgan fingerprint density at radius 2 is 2.20 bits per heavy atom. The maximum atomic E-state index is 4.61. The number of likely N-dealkylation sites (N-methyl/N-ethyl adjacent to an activating group) is 1. The number of imidazole rings is 1. The zero-order valence-corrected chi connectivity index (χ0v) is 9.54. The van der Waals surface area contributed by atoms with E-state index >= 15 is 0 Å². The summed E-state index contributed by atoms with van der Waals surface area (Å²) in [5, 5.41) is 3.16. The fourth-order valence-electron chi connectivity index (χ4n) is 1.97. The van der Waals surface area contributed by atoms with E-state index in [9.17, 15) is 0 Å². The van der Waals surface area contributed by atoms with E-state index in [1.54, 1.807) is 0 Å². The SMILES string of the molecule is CNCCc1nc(C)n2cccc(C)c12. The molecular formula is C12H17N3. The lowest BCUT2D eigenvalue weighted by Gasteiger charge is -2.01. The number of hydrogen-bond donors (Lipinski definition) is 1. The van der Waals surface area contributed by atoms with Gasteiger partial charge in [0.15, 0.2) is 0 Å². The third-order valence-corrected chi connectivity index (χ3v) is 2.73. The molecule has 1 N–H and O–H groups in total. The van der Waals surface area contributed by atoms with Gasteiger partial charge in [-0.2, -0.15) is 0 Å². The van der Waals surface area contributed by atoms with Crippen molar-refractivity contribution < 1.29 is 0 Å². The van der Waals surface area contributed by atoms with Gasteiger partial charge in [0.25, 0.3) is 0 Å². The Bertz CT molecular complexity index is 471. The maximum Gasteiger partial charge on any atom is 0.110 e. The Labute approximate surface area is 90.1 Å². The van der Waals surface area contributed by atoms with Crippen LogP contribution in [-0.2, 0) is 6.42 Å². The highest BCUT2D eigenvalue weighted by molar-refractivity contribution is 5.59. The van der Waals surface area contributed by atoms with Gasteiger partial charge in [-0.25, -0.2) is 4.98 Å². The number of nitrogens with zero attached hydrogens (tertiary/aromatic N) is 2. The van der Waals surface area contributed by atoms with Gasteiger partial charge in [-0.15, -0.1) is 0 Å². The third-order valence-electron chi connectivity index (χ3n) is 2.73.